The van der Waals surface area contributed by atoms with Crippen molar-refractivity contribution in [3.8, 4) is 0 Å². The highest BCUT2D eigenvalue weighted by Crippen LogP contribution is 2.23. The molecule has 0 radical (unpaired) electrons. The minimum absolute atomic E-state index is 0.0498. The van der Waals surface area contributed by atoms with Crippen LogP contribution in [0.15, 0.2) is 36.4 Å². The summed E-state index contributed by atoms with van der Waals surface area (Å²) in [7, 11) is 0. The number of cyclic esters (lactones) is 1. The van der Waals surface area contributed by atoms with E-state index in [1.807, 2.05) is 50.3 Å². The molecule has 1 aromatic carbocycles. The Morgan fingerprint density at radius 3 is 2.61 bits per heavy atom. The summed E-state index contributed by atoms with van der Waals surface area (Å²) in [5.41, 5.74) is 5.24. The zero-order valence-electron chi connectivity index (χ0n) is 22.4. The zero-order chi connectivity index (χ0) is 27.4. The first-order chi connectivity index (χ1) is 18.1. The van der Waals surface area contributed by atoms with E-state index in [2.05, 4.69) is 10.7 Å². The largest absolute Gasteiger partial charge is 0.455 e. The van der Waals surface area contributed by atoms with E-state index < -0.39 is 30.1 Å². The summed E-state index contributed by atoms with van der Waals surface area (Å²) in [5.74, 6) is -1.83. The summed E-state index contributed by atoms with van der Waals surface area (Å²) in [6, 6.07) is 8.09. The number of fused-ring (bicyclic) bond motifs is 4. The summed E-state index contributed by atoms with van der Waals surface area (Å²) in [4.78, 5) is 56.6. The maximum atomic E-state index is 13.1. The van der Waals surface area contributed by atoms with Crippen LogP contribution in [0.3, 0.4) is 0 Å². The molecule has 1 aromatic heterocycles. The Bertz CT molecular complexity index is 1260. The number of hydrazine groups is 1. The normalized spacial score (nSPS) is 26.8. The van der Waals surface area contributed by atoms with Crippen molar-refractivity contribution in [1.82, 2.24) is 20.7 Å². The van der Waals surface area contributed by atoms with Crippen molar-refractivity contribution in [2.24, 2.45) is 11.8 Å². The Labute approximate surface area is 223 Å². The van der Waals surface area contributed by atoms with Crippen molar-refractivity contribution in [2.45, 2.75) is 71.6 Å². The third-order valence-electron chi connectivity index (χ3n) is 7.16. The monoisotopic (exact) mass is 520 g/mol. The quantitative estimate of drug-likeness (QED) is 0.553. The number of esters is 1. The number of ketones is 1. The fraction of sp³-hybridized carbons (Fsp3) is 0.483. The molecule has 2 aromatic rings. The van der Waals surface area contributed by atoms with Gasteiger partial charge in [-0.25, -0.2) is 10.4 Å². The SMILES string of the molecule is CC(C)[C@@H]1CC(=O)C/C=C/c2ccc3ccc(nc3c2)[C@@H](C)OC(=O)[C@@H]2CCCN(N2)C(=O)[C@H](C)NC1=O. The lowest BCUT2D eigenvalue weighted by Crippen LogP contribution is -2.59. The van der Waals surface area contributed by atoms with E-state index in [9.17, 15) is 19.2 Å². The molecule has 2 N–H and O–H groups in total. The minimum Gasteiger partial charge on any atom is -0.455 e. The summed E-state index contributed by atoms with van der Waals surface area (Å²) in [5, 5.41) is 5.10. The number of aromatic nitrogens is 1. The standard InChI is InChI=1S/C29H36N4O5/c1-17(2)23-16-22(34)8-5-7-20-10-11-21-12-13-24(31-26(21)15-20)19(4)38-29(37)25-9-6-14-33(32-25)28(36)18(3)30-27(23)35/h5,7,10-13,15,17-19,23,25,32H,6,8-9,14,16H2,1-4H3,(H,30,35)/b7-5+/t18-,19+,23-,25-/m0/s1. The summed E-state index contributed by atoms with van der Waals surface area (Å²) >= 11 is 0. The fourth-order valence-electron chi connectivity index (χ4n) is 4.81. The Kier molecular flexibility index (Phi) is 8.56. The predicted molar refractivity (Wildman–Crippen MR) is 143 cm³/mol. The smallest absolute Gasteiger partial charge is 0.325 e. The second kappa shape index (κ2) is 11.9. The average Bonchev–Trinajstić information content (AvgIpc) is 2.90. The summed E-state index contributed by atoms with van der Waals surface area (Å²) in [6.45, 7) is 7.57. The molecule has 2 aliphatic rings. The molecule has 1 saturated heterocycles. The Balaban J connectivity index is 1.64. The maximum absolute atomic E-state index is 13.1. The second-order valence-corrected chi connectivity index (χ2v) is 10.5. The van der Waals surface area contributed by atoms with Gasteiger partial charge in [0.1, 0.15) is 24.0 Å². The molecular formula is C29H36N4O5. The number of ether oxygens (including phenoxy) is 1. The molecule has 5 bridgehead atoms. The lowest BCUT2D eigenvalue weighted by atomic mass is 9.89. The maximum Gasteiger partial charge on any atom is 0.325 e. The molecule has 1 fully saturated rings. The van der Waals surface area contributed by atoms with Crippen molar-refractivity contribution in [3.05, 3.63) is 47.7 Å². The average molecular weight is 521 g/mol. The Morgan fingerprint density at radius 2 is 1.84 bits per heavy atom. The highest BCUT2D eigenvalue weighted by molar-refractivity contribution is 5.91. The first kappa shape index (κ1) is 27.4. The molecule has 38 heavy (non-hydrogen) atoms. The van der Waals surface area contributed by atoms with Gasteiger partial charge in [0.05, 0.1) is 11.2 Å². The summed E-state index contributed by atoms with van der Waals surface area (Å²) < 4.78 is 5.73. The number of rotatable bonds is 1. The first-order valence-corrected chi connectivity index (χ1v) is 13.3. The molecule has 2 aliphatic heterocycles. The lowest BCUT2D eigenvalue weighted by Gasteiger charge is -2.35. The number of amides is 2. The minimum atomic E-state index is -0.823. The topological polar surface area (TPSA) is 118 Å². The van der Waals surface area contributed by atoms with Crippen molar-refractivity contribution < 1.29 is 23.9 Å². The van der Waals surface area contributed by atoms with Gasteiger partial charge in [-0.15, -0.1) is 0 Å². The highest BCUT2D eigenvalue weighted by atomic mass is 16.5. The third-order valence-corrected chi connectivity index (χ3v) is 7.16. The van der Waals surface area contributed by atoms with Crippen molar-refractivity contribution in [1.29, 1.82) is 0 Å². The Hall–Kier alpha value is -3.59. The van der Waals surface area contributed by atoms with Gasteiger partial charge in [-0.3, -0.25) is 24.2 Å². The molecule has 0 aliphatic carbocycles. The number of pyridine rings is 1. The zero-order valence-corrected chi connectivity index (χ0v) is 22.4. The molecule has 0 unspecified atom stereocenters. The van der Waals surface area contributed by atoms with Gasteiger partial charge in [-0.1, -0.05) is 44.2 Å². The molecule has 202 valence electrons. The van der Waals surface area contributed by atoms with Crippen LogP contribution < -0.4 is 10.7 Å². The predicted octanol–water partition coefficient (Wildman–Crippen LogP) is 3.49. The molecule has 2 amide bonds. The number of nitrogens with zero attached hydrogens (tertiary/aromatic N) is 2. The van der Waals surface area contributed by atoms with Crippen LogP contribution in [0.25, 0.3) is 17.0 Å². The van der Waals surface area contributed by atoms with E-state index in [1.165, 1.54) is 5.01 Å². The number of benzene rings is 1. The van der Waals surface area contributed by atoms with Crippen LogP contribution in [0.2, 0.25) is 0 Å². The number of carbonyl (C=O) groups excluding carboxylic acids is 4. The number of nitrogens with one attached hydrogen (secondary N) is 2. The molecule has 0 spiro atoms. The van der Waals surface area contributed by atoms with Gasteiger partial charge in [0.15, 0.2) is 0 Å². The number of hydrogen-bond donors (Lipinski definition) is 2. The molecule has 3 heterocycles. The van der Waals surface area contributed by atoms with Crippen LogP contribution in [0.4, 0.5) is 0 Å². The number of allylic oxidation sites excluding steroid dienone is 1. The molecule has 0 saturated carbocycles. The molecule has 4 atom stereocenters. The van der Waals surface area contributed by atoms with Gasteiger partial charge in [0, 0.05) is 30.7 Å². The highest BCUT2D eigenvalue weighted by Gasteiger charge is 2.34. The van der Waals surface area contributed by atoms with Gasteiger partial charge in [-0.05, 0) is 50.3 Å². The van der Waals surface area contributed by atoms with Crippen molar-refractivity contribution >= 4 is 40.5 Å². The van der Waals surface area contributed by atoms with Crippen LogP contribution in [-0.4, -0.2) is 52.2 Å². The number of hydrogen-bond acceptors (Lipinski definition) is 7. The van der Waals surface area contributed by atoms with Gasteiger partial charge < -0.3 is 10.1 Å². The van der Waals surface area contributed by atoms with E-state index >= 15 is 0 Å². The van der Waals surface area contributed by atoms with Crippen LogP contribution in [0.1, 0.15) is 70.7 Å². The molecule has 9 heteroatoms. The van der Waals surface area contributed by atoms with Gasteiger partial charge in [0.25, 0.3) is 5.91 Å². The second-order valence-electron chi connectivity index (χ2n) is 10.5. The fourth-order valence-corrected chi connectivity index (χ4v) is 4.81. The van der Waals surface area contributed by atoms with Crippen LogP contribution >= 0.6 is 0 Å². The Morgan fingerprint density at radius 1 is 1.08 bits per heavy atom. The molecule has 4 rings (SSSR count). The third kappa shape index (κ3) is 6.45. The van der Waals surface area contributed by atoms with Crippen molar-refractivity contribution in [2.75, 3.05) is 6.54 Å². The van der Waals surface area contributed by atoms with E-state index in [0.717, 1.165) is 16.5 Å². The van der Waals surface area contributed by atoms with Crippen LogP contribution in [0, 0.1) is 11.8 Å². The number of Topliss-reactive ketones (excluding diaryl/α,β-unsaturated/α-hetero) is 1. The summed E-state index contributed by atoms with van der Waals surface area (Å²) in [6.07, 6.45) is 4.49. The first-order valence-electron chi connectivity index (χ1n) is 13.3. The van der Waals surface area contributed by atoms with E-state index in [0.29, 0.717) is 25.1 Å². The van der Waals surface area contributed by atoms with Crippen molar-refractivity contribution in [3.63, 3.8) is 0 Å². The lowest BCUT2D eigenvalue weighted by molar-refractivity contribution is -0.157. The van der Waals surface area contributed by atoms with E-state index in [1.54, 1.807) is 19.9 Å². The van der Waals surface area contributed by atoms with Gasteiger partial charge in [-0.2, -0.15) is 0 Å². The van der Waals surface area contributed by atoms with Crippen LogP contribution in [0.5, 0.6) is 0 Å². The molecular weight excluding hydrogens is 484 g/mol. The van der Waals surface area contributed by atoms with E-state index in [-0.39, 0.29) is 36.4 Å². The van der Waals surface area contributed by atoms with E-state index in [4.69, 9.17) is 9.72 Å². The number of carbonyl (C=O) groups is 4. The molecule has 9 nitrogen and oxygen atoms in total. The van der Waals surface area contributed by atoms with Gasteiger partial charge in [0.2, 0.25) is 5.91 Å². The van der Waals surface area contributed by atoms with Crippen LogP contribution in [-0.2, 0) is 23.9 Å². The van der Waals surface area contributed by atoms with Gasteiger partial charge >= 0.3 is 5.97 Å².